The molecule has 0 heterocycles. The average molecular weight is 309 g/mol. The van der Waals surface area contributed by atoms with Gasteiger partial charge in [0, 0.05) is 5.41 Å². The van der Waals surface area contributed by atoms with E-state index < -0.39 is 0 Å². The van der Waals surface area contributed by atoms with Crippen molar-refractivity contribution in [3.63, 3.8) is 0 Å². The average Bonchev–Trinajstić information content (AvgIpc) is 2.78. The molecule has 0 radical (unpaired) electrons. The Kier molecular flexibility index (Phi) is 4.50. The highest BCUT2D eigenvalue weighted by Gasteiger charge is 2.57. The smallest absolute Gasteiger partial charge is 0.0225 e. The van der Waals surface area contributed by atoms with E-state index in [1.54, 1.807) is 0 Å². The molecule has 0 bridgehead atoms. The highest BCUT2D eigenvalue weighted by molar-refractivity contribution is 5.60. The molecule has 0 nitrogen and oxygen atoms in total. The molecular formula is C23H32. The molecule has 0 aromatic rings. The second-order valence-corrected chi connectivity index (χ2v) is 8.25. The van der Waals surface area contributed by atoms with Gasteiger partial charge in [-0.15, -0.1) is 0 Å². The summed E-state index contributed by atoms with van der Waals surface area (Å²) in [6.07, 6.45) is 15.4. The maximum absolute atomic E-state index is 4.13. The van der Waals surface area contributed by atoms with E-state index in [2.05, 4.69) is 85.1 Å². The lowest BCUT2D eigenvalue weighted by atomic mass is 9.71. The monoisotopic (exact) mass is 308 g/mol. The van der Waals surface area contributed by atoms with Crippen molar-refractivity contribution in [1.82, 2.24) is 0 Å². The van der Waals surface area contributed by atoms with Gasteiger partial charge in [-0.2, -0.15) is 0 Å². The van der Waals surface area contributed by atoms with Gasteiger partial charge in [0.15, 0.2) is 0 Å². The molecule has 1 saturated carbocycles. The first-order valence-electron chi connectivity index (χ1n) is 8.71. The maximum atomic E-state index is 4.13. The van der Waals surface area contributed by atoms with Crippen molar-refractivity contribution in [3.05, 3.63) is 71.9 Å². The lowest BCUT2D eigenvalue weighted by Gasteiger charge is -2.31. The van der Waals surface area contributed by atoms with Crippen molar-refractivity contribution in [2.24, 2.45) is 16.2 Å². The molecule has 0 aromatic carbocycles. The van der Waals surface area contributed by atoms with Gasteiger partial charge in [0.2, 0.25) is 0 Å². The summed E-state index contributed by atoms with van der Waals surface area (Å²) in [4.78, 5) is 0. The first kappa shape index (κ1) is 17.8. The zero-order chi connectivity index (χ0) is 17.5. The van der Waals surface area contributed by atoms with Crippen LogP contribution in [0, 0.1) is 16.2 Å². The minimum absolute atomic E-state index is 0.0824. The minimum Gasteiger partial charge on any atom is -0.0991 e. The molecule has 0 saturated heterocycles. The Hall–Kier alpha value is -1.56. The van der Waals surface area contributed by atoms with Crippen LogP contribution >= 0.6 is 0 Å². The zero-order valence-electron chi connectivity index (χ0n) is 15.8. The summed E-state index contributed by atoms with van der Waals surface area (Å²) in [5, 5.41) is 0. The van der Waals surface area contributed by atoms with Crippen LogP contribution in [0.15, 0.2) is 71.9 Å². The van der Waals surface area contributed by atoms with Crippen LogP contribution in [0.25, 0.3) is 0 Å². The van der Waals surface area contributed by atoms with Gasteiger partial charge in [-0.3, -0.25) is 0 Å². The second-order valence-electron chi connectivity index (χ2n) is 8.25. The van der Waals surface area contributed by atoms with E-state index in [4.69, 9.17) is 0 Å². The first-order chi connectivity index (χ1) is 10.7. The fourth-order valence-corrected chi connectivity index (χ4v) is 5.25. The molecule has 23 heavy (non-hydrogen) atoms. The van der Waals surface area contributed by atoms with E-state index in [0.29, 0.717) is 0 Å². The van der Waals surface area contributed by atoms with Gasteiger partial charge in [-0.1, -0.05) is 77.3 Å². The molecule has 2 aliphatic rings. The third-order valence-corrected chi connectivity index (χ3v) is 5.67. The van der Waals surface area contributed by atoms with Gasteiger partial charge in [0.25, 0.3) is 0 Å². The summed E-state index contributed by atoms with van der Waals surface area (Å²) < 4.78 is 0. The minimum atomic E-state index is 0.0824. The molecule has 1 atom stereocenters. The molecular weight excluding hydrogens is 276 g/mol. The van der Waals surface area contributed by atoms with Gasteiger partial charge in [0.05, 0.1) is 0 Å². The first-order valence-corrected chi connectivity index (χ1v) is 8.71. The van der Waals surface area contributed by atoms with Crippen molar-refractivity contribution in [2.75, 3.05) is 0 Å². The van der Waals surface area contributed by atoms with Crippen LogP contribution in [0.4, 0.5) is 0 Å². The van der Waals surface area contributed by atoms with Gasteiger partial charge in [-0.05, 0) is 59.8 Å². The normalized spacial score (nSPS) is 32.6. The fraction of sp³-hybridized carbons (Fsp3) is 0.478. The Labute approximate surface area is 143 Å². The van der Waals surface area contributed by atoms with Gasteiger partial charge in [-0.25, -0.2) is 0 Å². The standard InChI is InChI=1S/C23H32/c1-9-13-19-17(11-3)21(5,6)15-23(19)16-22(7,8)18(12-4)20(23)14-10-2/h9-14H,1,4,15-16H2,2-3,5-8H3/b14-10-,17-11+,19-13+. The third kappa shape index (κ3) is 2.53. The van der Waals surface area contributed by atoms with Crippen LogP contribution in [0.3, 0.4) is 0 Å². The predicted octanol–water partition coefficient (Wildman–Crippen LogP) is 6.95. The fourth-order valence-electron chi connectivity index (χ4n) is 5.25. The molecule has 1 spiro atoms. The molecule has 0 N–H and O–H groups in total. The van der Waals surface area contributed by atoms with Crippen LogP contribution in [0.5, 0.6) is 0 Å². The quantitative estimate of drug-likeness (QED) is 0.529. The molecule has 0 aliphatic heterocycles. The molecule has 2 aliphatic carbocycles. The van der Waals surface area contributed by atoms with Crippen LogP contribution in [0.2, 0.25) is 0 Å². The molecule has 0 aromatic heterocycles. The van der Waals surface area contributed by atoms with Crippen LogP contribution in [-0.2, 0) is 0 Å². The largest absolute Gasteiger partial charge is 0.0991 e. The summed E-state index contributed by atoms with van der Waals surface area (Å²) in [6, 6.07) is 0. The lowest BCUT2D eigenvalue weighted by molar-refractivity contribution is 0.276. The van der Waals surface area contributed by atoms with Crippen molar-refractivity contribution < 1.29 is 0 Å². The number of hydrogen-bond acceptors (Lipinski definition) is 0. The topological polar surface area (TPSA) is 0 Å². The summed E-state index contributed by atoms with van der Waals surface area (Å²) in [6.45, 7) is 21.9. The summed E-state index contributed by atoms with van der Waals surface area (Å²) in [7, 11) is 0. The molecule has 124 valence electrons. The van der Waals surface area contributed by atoms with E-state index in [1.165, 1.54) is 22.3 Å². The number of rotatable bonds is 3. The molecule has 0 heteroatoms. The summed E-state index contributed by atoms with van der Waals surface area (Å²) in [5.41, 5.74) is 6.20. The molecule has 1 unspecified atom stereocenters. The van der Waals surface area contributed by atoms with Gasteiger partial charge < -0.3 is 0 Å². The summed E-state index contributed by atoms with van der Waals surface area (Å²) >= 11 is 0. The van der Waals surface area contributed by atoms with Gasteiger partial charge >= 0.3 is 0 Å². The third-order valence-electron chi connectivity index (χ3n) is 5.67. The summed E-state index contributed by atoms with van der Waals surface area (Å²) in [5.74, 6) is 0. The Morgan fingerprint density at radius 2 is 1.48 bits per heavy atom. The van der Waals surface area contributed by atoms with Crippen LogP contribution < -0.4 is 0 Å². The SMILES string of the molecule is C=C/C=C1\C(=C/C)C(C)(C)CC12CC(C)(C)C(C=C)=C2/C=C\C. The molecule has 1 fully saturated rings. The molecule has 0 amide bonds. The van der Waals surface area contributed by atoms with E-state index in [-0.39, 0.29) is 16.2 Å². The number of allylic oxidation sites excluding steroid dienone is 10. The van der Waals surface area contributed by atoms with E-state index in [9.17, 15) is 0 Å². The number of hydrogen-bond donors (Lipinski definition) is 0. The predicted molar refractivity (Wildman–Crippen MR) is 103 cm³/mol. The van der Waals surface area contributed by atoms with Crippen LogP contribution in [0.1, 0.15) is 54.4 Å². The van der Waals surface area contributed by atoms with E-state index in [0.717, 1.165) is 12.8 Å². The van der Waals surface area contributed by atoms with E-state index in [1.807, 2.05) is 6.08 Å². The lowest BCUT2D eigenvalue weighted by Crippen LogP contribution is -2.22. The van der Waals surface area contributed by atoms with Crippen molar-refractivity contribution >= 4 is 0 Å². The highest BCUT2D eigenvalue weighted by atomic mass is 14.6. The Balaban J connectivity index is 2.83. The van der Waals surface area contributed by atoms with Crippen LogP contribution in [-0.4, -0.2) is 0 Å². The van der Waals surface area contributed by atoms with E-state index >= 15 is 0 Å². The Bertz CT molecular complexity index is 644. The Morgan fingerprint density at radius 3 is 1.96 bits per heavy atom. The van der Waals surface area contributed by atoms with Crippen molar-refractivity contribution in [3.8, 4) is 0 Å². The maximum Gasteiger partial charge on any atom is 0.0225 e. The van der Waals surface area contributed by atoms with Crippen molar-refractivity contribution in [1.29, 1.82) is 0 Å². The molecule has 2 rings (SSSR count). The highest BCUT2D eigenvalue weighted by Crippen LogP contribution is 2.68. The Morgan fingerprint density at radius 1 is 0.870 bits per heavy atom. The van der Waals surface area contributed by atoms with Gasteiger partial charge in [0.1, 0.15) is 0 Å². The van der Waals surface area contributed by atoms with Crippen molar-refractivity contribution in [2.45, 2.75) is 54.4 Å². The zero-order valence-corrected chi connectivity index (χ0v) is 15.8. The second kappa shape index (κ2) is 5.82.